The molecule has 0 saturated carbocycles. The molecular formula is C16H24ClN3O3. The van der Waals surface area contributed by atoms with Crippen LogP contribution in [0.15, 0.2) is 18.2 Å². The van der Waals surface area contributed by atoms with E-state index in [9.17, 15) is 14.9 Å². The van der Waals surface area contributed by atoms with Crippen molar-refractivity contribution in [2.24, 2.45) is 0 Å². The average molecular weight is 342 g/mol. The Kier molecular flexibility index (Phi) is 6.53. The predicted molar refractivity (Wildman–Crippen MR) is 92.4 cm³/mol. The molecule has 1 fully saturated rings. The summed E-state index contributed by atoms with van der Waals surface area (Å²) in [5, 5.41) is 17.5. The van der Waals surface area contributed by atoms with Crippen molar-refractivity contribution in [3.63, 3.8) is 0 Å². The first-order valence-electron chi connectivity index (χ1n) is 7.59. The third kappa shape index (κ3) is 4.91. The van der Waals surface area contributed by atoms with Gasteiger partial charge in [-0.3, -0.25) is 14.9 Å². The number of nitrogens with zero attached hydrogens (tertiary/aromatic N) is 1. The van der Waals surface area contributed by atoms with Crippen molar-refractivity contribution >= 4 is 24.0 Å². The lowest BCUT2D eigenvalue weighted by Crippen LogP contribution is -2.45. The molecule has 0 unspecified atom stereocenters. The Morgan fingerprint density at radius 1 is 1.39 bits per heavy atom. The van der Waals surface area contributed by atoms with Gasteiger partial charge in [0.1, 0.15) is 0 Å². The summed E-state index contributed by atoms with van der Waals surface area (Å²) in [6.45, 7) is 7.47. The number of amides is 1. The Morgan fingerprint density at radius 3 is 2.61 bits per heavy atom. The van der Waals surface area contributed by atoms with Crippen molar-refractivity contribution in [1.82, 2.24) is 10.6 Å². The van der Waals surface area contributed by atoms with Gasteiger partial charge in [0, 0.05) is 29.8 Å². The normalized spacial score (nSPS) is 18.0. The summed E-state index contributed by atoms with van der Waals surface area (Å²) in [6.07, 6.45) is 1.95. The number of carbonyl (C=O) groups excluding carboxylic acids is 1. The van der Waals surface area contributed by atoms with Crippen LogP contribution in [-0.4, -0.2) is 30.0 Å². The van der Waals surface area contributed by atoms with Gasteiger partial charge in [0.2, 0.25) is 0 Å². The number of nitrogens with one attached hydrogen (secondary N) is 2. The van der Waals surface area contributed by atoms with Crippen LogP contribution < -0.4 is 10.6 Å². The zero-order chi connectivity index (χ0) is 16.3. The molecule has 1 aromatic rings. The highest BCUT2D eigenvalue weighted by atomic mass is 35.5. The van der Waals surface area contributed by atoms with Crippen LogP contribution in [0.2, 0.25) is 0 Å². The molecule has 0 spiro atoms. The zero-order valence-corrected chi connectivity index (χ0v) is 14.5. The monoisotopic (exact) mass is 341 g/mol. The van der Waals surface area contributed by atoms with Crippen molar-refractivity contribution in [1.29, 1.82) is 0 Å². The molecule has 1 aromatic carbocycles. The standard InChI is InChI=1S/C16H23N3O3.ClH/c1-16(2,3)13-7-6-11(9-14(13)19(21)22)15(20)18-12-5-4-8-17-10-12;/h6-7,9,12,17H,4-5,8,10H2,1-3H3,(H,18,20);1H/t12-;/m0./s1. The van der Waals surface area contributed by atoms with Gasteiger partial charge in [-0.25, -0.2) is 0 Å². The van der Waals surface area contributed by atoms with Gasteiger partial charge in [-0.05, 0) is 30.9 Å². The second kappa shape index (κ2) is 7.75. The molecule has 0 aromatic heterocycles. The maximum atomic E-state index is 12.3. The van der Waals surface area contributed by atoms with Gasteiger partial charge in [-0.1, -0.05) is 26.8 Å². The molecule has 23 heavy (non-hydrogen) atoms. The maximum Gasteiger partial charge on any atom is 0.273 e. The van der Waals surface area contributed by atoms with E-state index in [2.05, 4.69) is 10.6 Å². The van der Waals surface area contributed by atoms with Crippen molar-refractivity contribution in [3.8, 4) is 0 Å². The molecule has 1 aliphatic heterocycles. The lowest BCUT2D eigenvalue weighted by atomic mass is 9.85. The highest BCUT2D eigenvalue weighted by Gasteiger charge is 2.26. The maximum absolute atomic E-state index is 12.3. The van der Waals surface area contributed by atoms with Gasteiger partial charge >= 0.3 is 0 Å². The van der Waals surface area contributed by atoms with Gasteiger partial charge in [-0.15, -0.1) is 12.4 Å². The van der Waals surface area contributed by atoms with E-state index in [0.717, 1.165) is 25.9 Å². The molecular weight excluding hydrogens is 318 g/mol. The van der Waals surface area contributed by atoms with Crippen LogP contribution in [0.3, 0.4) is 0 Å². The molecule has 6 nitrogen and oxygen atoms in total. The Labute approximate surface area is 142 Å². The van der Waals surface area contributed by atoms with E-state index in [1.165, 1.54) is 6.07 Å². The third-order valence-corrected chi connectivity index (χ3v) is 3.90. The minimum atomic E-state index is -0.417. The van der Waals surface area contributed by atoms with E-state index in [0.29, 0.717) is 11.1 Å². The first-order chi connectivity index (χ1) is 10.3. The number of halogens is 1. The Hall–Kier alpha value is -1.66. The van der Waals surface area contributed by atoms with Gasteiger partial charge < -0.3 is 10.6 Å². The fraction of sp³-hybridized carbons (Fsp3) is 0.562. The number of benzene rings is 1. The van der Waals surface area contributed by atoms with Crippen molar-refractivity contribution in [2.45, 2.75) is 45.1 Å². The molecule has 128 valence electrons. The summed E-state index contributed by atoms with van der Waals surface area (Å²) >= 11 is 0. The number of rotatable bonds is 3. The number of nitro benzene ring substituents is 1. The molecule has 2 rings (SSSR count). The van der Waals surface area contributed by atoms with E-state index in [1.807, 2.05) is 20.8 Å². The summed E-state index contributed by atoms with van der Waals surface area (Å²) in [5.74, 6) is -0.253. The van der Waals surface area contributed by atoms with Gasteiger partial charge in [-0.2, -0.15) is 0 Å². The fourth-order valence-electron chi connectivity index (χ4n) is 2.70. The molecule has 0 aliphatic carbocycles. The fourth-order valence-corrected chi connectivity index (χ4v) is 2.70. The van der Waals surface area contributed by atoms with Crippen LogP contribution in [0.4, 0.5) is 5.69 Å². The summed E-state index contributed by atoms with van der Waals surface area (Å²) in [5.41, 5.74) is 0.630. The number of hydrogen-bond acceptors (Lipinski definition) is 4. The van der Waals surface area contributed by atoms with Crippen LogP contribution in [-0.2, 0) is 5.41 Å². The van der Waals surface area contributed by atoms with E-state index < -0.39 is 4.92 Å². The first kappa shape index (κ1) is 19.4. The van der Waals surface area contributed by atoms with Crippen molar-refractivity contribution in [2.75, 3.05) is 13.1 Å². The van der Waals surface area contributed by atoms with Crippen molar-refractivity contribution < 1.29 is 9.72 Å². The predicted octanol–water partition coefficient (Wildman–Crippen LogP) is 2.80. The minimum absolute atomic E-state index is 0. The van der Waals surface area contributed by atoms with Crippen LogP contribution in [0.1, 0.15) is 49.5 Å². The summed E-state index contributed by atoms with van der Waals surface area (Å²) in [7, 11) is 0. The SMILES string of the molecule is CC(C)(C)c1ccc(C(=O)N[C@H]2CCCNC2)cc1[N+](=O)[O-].Cl. The third-order valence-electron chi connectivity index (χ3n) is 3.90. The Morgan fingerprint density at radius 2 is 2.09 bits per heavy atom. The van der Waals surface area contributed by atoms with Crippen LogP contribution >= 0.6 is 12.4 Å². The Balaban J connectivity index is 0.00000264. The average Bonchev–Trinajstić information content (AvgIpc) is 2.46. The van der Waals surface area contributed by atoms with Crippen LogP contribution in [0.25, 0.3) is 0 Å². The highest BCUT2D eigenvalue weighted by molar-refractivity contribution is 5.95. The summed E-state index contributed by atoms with van der Waals surface area (Å²) < 4.78 is 0. The molecule has 1 atom stereocenters. The van der Waals surface area contributed by atoms with Crippen molar-refractivity contribution in [3.05, 3.63) is 39.4 Å². The quantitative estimate of drug-likeness (QED) is 0.654. The lowest BCUT2D eigenvalue weighted by Gasteiger charge is -2.24. The molecule has 0 bridgehead atoms. The number of carbonyl (C=O) groups is 1. The molecule has 7 heteroatoms. The highest BCUT2D eigenvalue weighted by Crippen LogP contribution is 2.31. The molecule has 0 radical (unpaired) electrons. The van der Waals surface area contributed by atoms with Gasteiger partial charge in [0.25, 0.3) is 11.6 Å². The van der Waals surface area contributed by atoms with E-state index >= 15 is 0 Å². The van der Waals surface area contributed by atoms with E-state index in [-0.39, 0.29) is 35.5 Å². The molecule has 2 N–H and O–H groups in total. The molecule has 1 aliphatic rings. The second-order valence-electron chi connectivity index (χ2n) is 6.76. The minimum Gasteiger partial charge on any atom is -0.348 e. The van der Waals surface area contributed by atoms with Crippen LogP contribution in [0.5, 0.6) is 0 Å². The smallest absolute Gasteiger partial charge is 0.273 e. The number of nitro groups is 1. The van der Waals surface area contributed by atoms with Crippen LogP contribution in [0, 0.1) is 10.1 Å². The lowest BCUT2D eigenvalue weighted by molar-refractivity contribution is -0.386. The number of piperidine rings is 1. The molecule has 1 heterocycles. The zero-order valence-electron chi connectivity index (χ0n) is 13.7. The summed E-state index contributed by atoms with van der Waals surface area (Å²) in [6, 6.07) is 4.82. The summed E-state index contributed by atoms with van der Waals surface area (Å²) in [4.78, 5) is 23.2. The van der Waals surface area contributed by atoms with E-state index in [4.69, 9.17) is 0 Å². The second-order valence-corrected chi connectivity index (χ2v) is 6.76. The number of hydrogen-bond donors (Lipinski definition) is 2. The molecule has 1 saturated heterocycles. The van der Waals surface area contributed by atoms with Gasteiger partial charge in [0.15, 0.2) is 0 Å². The van der Waals surface area contributed by atoms with E-state index in [1.54, 1.807) is 12.1 Å². The van der Waals surface area contributed by atoms with Gasteiger partial charge in [0.05, 0.1) is 4.92 Å². The topological polar surface area (TPSA) is 84.3 Å². The largest absolute Gasteiger partial charge is 0.348 e. The Bertz CT molecular complexity index is 578. The molecule has 1 amide bonds. The first-order valence-corrected chi connectivity index (χ1v) is 7.59.